The molecule has 0 unspecified atom stereocenters. The van der Waals surface area contributed by atoms with E-state index in [1.165, 1.54) is 22.9 Å². The molecule has 0 aliphatic carbocycles. The maximum absolute atomic E-state index is 5.70. The maximum atomic E-state index is 5.70. The van der Waals surface area contributed by atoms with Gasteiger partial charge in [-0.1, -0.05) is 17.8 Å². The summed E-state index contributed by atoms with van der Waals surface area (Å²) in [6.45, 7) is 4.11. The highest BCUT2D eigenvalue weighted by atomic mass is 32.2. The van der Waals surface area contributed by atoms with Crippen LogP contribution >= 0.6 is 11.8 Å². The maximum Gasteiger partial charge on any atom is 0.225 e. The molecule has 0 spiro atoms. The van der Waals surface area contributed by atoms with E-state index in [1.807, 2.05) is 31.4 Å². The molecule has 1 aromatic carbocycles. The third-order valence-electron chi connectivity index (χ3n) is 2.59. The van der Waals surface area contributed by atoms with Gasteiger partial charge in [0, 0.05) is 6.07 Å². The van der Waals surface area contributed by atoms with E-state index in [9.17, 15) is 0 Å². The molecule has 94 valence electrons. The minimum Gasteiger partial charge on any atom is -0.439 e. The first kappa shape index (κ1) is 12.7. The lowest BCUT2D eigenvalue weighted by Crippen LogP contribution is -1.97. The molecule has 0 fully saturated rings. The largest absolute Gasteiger partial charge is 0.439 e. The number of aromatic nitrogens is 2. The van der Waals surface area contributed by atoms with Crippen LogP contribution in [0.1, 0.15) is 11.1 Å². The molecule has 2 rings (SSSR count). The third kappa shape index (κ3) is 2.92. The van der Waals surface area contributed by atoms with Crippen molar-refractivity contribution in [2.24, 2.45) is 0 Å². The first-order valence-corrected chi connectivity index (χ1v) is 6.74. The van der Waals surface area contributed by atoms with Crippen LogP contribution in [0.3, 0.4) is 0 Å². The minimum absolute atomic E-state index is 0.410. The van der Waals surface area contributed by atoms with Crippen molar-refractivity contribution in [3.8, 4) is 11.6 Å². The Morgan fingerprint density at radius 1 is 1.11 bits per heavy atom. The number of thioether (sulfide) groups is 1. The quantitative estimate of drug-likeness (QED) is 0.679. The summed E-state index contributed by atoms with van der Waals surface area (Å²) in [5.41, 5.74) is 8.11. The lowest BCUT2D eigenvalue weighted by molar-refractivity contribution is 0.456. The molecular weight excluding hydrogens is 246 g/mol. The summed E-state index contributed by atoms with van der Waals surface area (Å²) in [6.07, 6.45) is 1.90. The summed E-state index contributed by atoms with van der Waals surface area (Å²) < 4.78 is 5.69. The van der Waals surface area contributed by atoms with E-state index in [0.29, 0.717) is 16.9 Å². The molecule has 0 radical (unpaired) electrons. The van der Waals surface area contributed by atoms with Gasteiger partial charge in [-0.05, 0) is 43.4 Å². The molecular formula is C13H15N3OS. The van der Waals surface area contributed by atoms with E-state index in [-0.39, 0.29) is 0 Å². The molecule has 18 heavy (non-hydrogen) atoms. The summed E-state index contributed by atoms with van der Waals surface area (Å²) in [5, 5.41) is 0.605. The van der Waals surface area contributed by atoms with Crippen molar-refractivity contribution in [1.29, 1.82) is 0 Å². The fraction of sp³-hybridized carbons (Fsp3) is 0.231. The molecule has 0 saturated heterocycles. The Labute approximate surface area is 111 Å². The van der Waals surface area contributed by atoms with Gasteiger partial charge < -0.3 is 10.5 Å². The van der Waals surface area contributed by atoms with Gasteiger partial charge in [0.1, 0.15) is 11.6 Å². The molecule has 1 aromatic heterocycles. The number of aryl methyl sites for hydroxylation is 2. The van der Waals surface area contributed by atoms with Gasteiger partial charge in [-0.2, -0.15) is 4.98 Å². The van der Waals surface area contributed by atoms with Gasteiger partial charge in [0.05, 0.1) is 0 Å². The van der Waals surface area contributed by atoms with Gasteiger partial charge in [0.15, 0.2) is 5.16 Å². The fourth-order valence-electron chi connectivity index (χ4n) is 1.46. The molecule has 4 nitrogen and oxygen atoms in total. The molecule has 1 heterocycles. The number of nitrogens with two attached hydrogens (primary N) is 1. The highest BCUT2D eigenvalue weighted by molar-refractivity contribution is 7.98. The van der Waals surface area contributed by atoms with Crippen LogP contribution in [0.2, 0.25) is 0 Å². The van der Waals surface area contributed by atoms with E-state index in [1.54, 1.807) is 6.07 Å². The van der Waals surface area contributed by atoms with Crippen LogP contribution in [0.4, 0.5) is 5.82 Å². The number of nitrogen functional groups attached to an aromatic ring is 1. The normalized spacial score (nSPS) is 10.4. The fourth-order valence-corrected chi connectivity index (χ4v) is 1.84. The van der Waals surface area contributed by atoms with Gasteiger partial charge in [0.2, 0.25) is 5.88 Å². The molecule has 2 N–H and O–H groups in total. The van der Waals surface area contributed by atoms with E-state index in [4.69, 9.17) is 10.5 Å². The third-order valence-corrected chi connectivity index (χ3v) is 3.13. The second-order valence-electron chi connectivity index (χ2n) is 3.97. The van der Waals surface area contributed by atoms with Crippen molar-refractivity contribution in [3.63, 3.8) is 0 Å². The SMILES string of the molecule is CSc1nc(N)cc(Oc2ccc(C)c(C)c2)n1. The number of hydrogen-bond donors (Lipinski definition) is 1. The Morgan fingerprint density at radius 2 is 1.89 bits per heavy atom. The zero-order valence-electron chi connectivity index (χ0n) is 10.6. The molecule has 5 heteroatoms. The molecule has 0 aliphatic rings. The van der Waals surface area contributed by atoms with E-state index in [0.717, 1.165) is 5.75 Å². The molecule has 0 atom stereocenters. The van der Waals surface area contributed by atoms with Gasteiger partial charge in [-0.25, -0.2) is 4.98 Å². The molecule has 0 amide bonds. The Balaban J connectivity index is 2.27. The zero-order chi connectivity index (χ0) is 13.1. The highest BCUT2D eigenvalue weighted by Crippen LogP contribution is 2.24. The Hall–Kier alpha value is -1.75. The summed E-state index contributed by atoms with van der Waals surface area (Å²) >= 11 is 1.43. The minimum atomic E-state index is 0.410. The summed E-state index contributed by atoms with van der Waals surface area (Å²) in [7, 11) is 0. The van der Waals surface area contributed by atoms with Crippen LogP contribution < -0.4 is 10.5 Å². The number of benzene rings is 1. The topological polar surface area (TPSA) is 61.0 Å². The number of rotatable bonds is 3. The van der Waals surface area contributed by atoms with Crippen molar-refractivity contribution < 1.29 is 4.74 Å². The number of ether oxygens (including phenoxy) is 1. The van der Waals surface area contributed by atoms with Crippen molar-refractivity contribution >= 4 is 17.6 Å². The van der Waals surface area contributed by atoms with E-state index < -0.39 is 0 Å². The van der Waals surface area contributed by atoms with E-state index >= 15 is 0 Å². The van der Waals surface area contributed by atoms with Gasteiger partial charge >= 0.3 is 0 Å². The smallest absolute Gasteiger partial charge is 0.225 e. The first-order chi connectivity index (χ1) is 8.58. The number of anilines is 1. The number of nitrogens with zero attached hydrogens (tertiary/aromatic N) is 2. The van der Waals surface area contributed by atoms with Crippen molar-refractivity contribution in [2.45, 2.75) is 19.0 Å². The Bertz CT molecular complexity index is 572. The van der Waals surface area contributed by atoms with Crippen molar-refractivity contribution in [2.75, 3.05) is 12.0 Å². The van der Waals surface area contributed by atoms with Crippen LogP contribution in [0.25, 0.3) is 0 Å². The van der Waals surface area contributed by atoms with Crippen LogP contribution in [-0.4, -0.2) is 16.2 Å². The number of hydrogen-bond acceptors (Lipinski definition) is 5. The molecule has 0 saturated carbocycles. The second-order valence-corrected chi connectivity index (χ2v) is 4.74. The van der Waals surface area contributed by atoms with Crippen LogP contribution in [0.5, 0.6) is 11.6 Å². The lowest BCUT2D eigenvalue weighted by Gasteiger charge is -2.08. The zero-order valence-corrected chi connectivity index (χ0v) is 11.4. The monoisotopic (exact) mass is 261 g/mol. The average molecular weight is 261 g/mol. The van der Waals surface area contributed by atoms with Gasteiger partial charge in [-0.15, -0.1) is 0 Å². The molecule has 0 bridgehead atoms. The second kappa shape index (κ2) is 5.27. The van der Waals surface area contributed by atoms with Crippen LogP contribution in [0.15, 0.2) is 29.4 Å². The summed E-state index contributed by atoms with van der Waals surface area (Å²) in [5.74, 6) is 1.63. The van der Waals surface area contributed by atoms with E-state index in [2.05, 4.69) is 16.9 Å². The lowest BCUT2D eigenvalue weighted by atomic mass is 10.1. The Morgan fingerprint density at radius 3 is 2.56 bits per heavy atom. The average Bonchev–Trinajstić information content (AvgIpc) is 2.33. The first-order valence-electron chi connectivity index (χ1n) is 5.52. The van der Waals surface area contributed by atoms with Crippen molar-refractivity contribution in [3.05, 3.63) is 35.4 Å². The molecule has 2 aromatic rings. The van der Waals surface area contributed by atoms with Crippen LogP contribution in [-0.2, 0) is 0 Å². The van der Waals surface area contributed by atoms with Crippen molar-refractivity contribution in [1.82, 2.24) is 9.97 Å². The molecule has 0 aliphatic heterocycles. The predicted molar refractivity (Wildman–Crippen MR) is 74.2 cm³/mol. The Kier molecular flexibility index (Phi) is 3.72. The standard InChI is InChI=1S/C13H15N3OS/c1-8-4-5-10(6-9(8)2)17-12-7-11(14)15-13(16-12)18-3/h4-7H,1-3H3,(H2,14,15,16). The highest BCUT2D eigenvalue weighted by Gasteiger charge is 2.05. The van der Waals surface area contributed by atoms with Gasteiger partial charge in [0.25, 0.3) is 0 Å². The van der Waals surface area contributed by atoms with Crippen LogP contribution in [0, 0.1) is 13.8 Å². The summed E-state index contributed by atoms with van der Waals surface area (Å²) in [4.78, 5) is 8.32. The van der Waals surface area contributed by atoms with Gasteiger partial charge in [-0.3, -0.25) is 0 Å². The summed E-state index contributed by atoms with van der Waals surface area (Å²) in [6, 6.07) is 7.53. The predicted octanol–water partition coefficient (Wildman–Crippen LogP) is 3.19.